The van der Waals surface area contributed by atoms with E-state index >= 15 is 0 Å². The maximum atomic E-state index is 11.6. The highest BCUT2D eigenvalue weighted by Crippen LogP contribution is 2.24. The summed E-state index contributed by atoms with van der Waals surface area (Å²) in [6, 6.07) is 9.93. The van der Waals surface area contributed by atoms with E-state index in [0.29, 0.717) is 5.16 Å². The van der Waals surface area contributed by atoms with Crippen LogP contribution in [0.1, 0.15) is 0 Å². The highest BCUT2D eigenvalue weighted by Gasteiger charge is 2.13. The average molecular weight is 261 g/mol. The molecule has 1 amide bonds. The van der Waals surface area contributed by atoms with Crippen molar-refractivity contribution in [3.8, 4) is 11.3 Å². The first-order chi connectivity index (χ1) is 8.58. The summed E-state index contributed by atoms with van der Waals surface area (Å²) in [6.07, 6.45) is 1.93. The molecule has 0 aliphatic rings. The number of amides is 1. The molecule has 2 aromatic rings. The van der Waals surface area contributed by atoms with Crippen LogP contribution >= 0.6 is 11.8 Å². The summed E-state index contributed by atoms with van der Waals surface area (Å²) in [5.74, 6) is 0. The molecule has 0 saturated heterocycles. The highest BCUT2D eigenvalue weighted by molar-refractivity contribution is 8.13. The van der Waals surface area contributed by atoms with E-state index in [4.69, 9.17) is 0 Å². The number of nitrogens with zero attached hydrogens (tertiary/aromatic N) is 3. The Bertz CT molecular complexity index is 549. The first-order valence-corrected chi connectivity index (χ1v) is 6.37. The van der Waals surface area contributed by atoms with Gasteiger partial charge in [0.1, 0.15) is 0 Å². The Kier molecular flexibility index (Phi) is 3.72. The minimum atomic E-state index is -0.0247. The Morgan fingerprint density at radius 3 is 2.56 bits per heavy atom. The fourth-order valence-electron chi connectivity index (χ4n) is 1.46. The van der Waals surface area contributed by atoms with Gasteiger partial charge in [-0.1, -0.05) is 30.3 Å². The summed E-state index contributed by atoms with van der Waals surface area (Å²) >= 11 is 1.13. The van der Waals surface area contributed by atoms with Crippen LogP contribution in [-0.2, 0) is 7.05 Å². The molecular formula is C13H15N3OS. The standard InChI is InChI=1S/C13H15N3OS/c1-15(2)13(17)18-12-14-11(9-16(12)3)10-7-5-4-6-8-10/h4-9H,1-3H3. The summed E-state index contributed by atoms with van der Waals surface area (Å²) in [4.78, 5) is 17.7. The van der Waals surface area contributed by atoms with Crippen molar-refractivity contribution in [1.29, 1.82) is 0 Å². The number of aromatic nitrogens is 2. The van der Waals surface area contributed by atoms with Crippen LogP contribution in [0.25, 0.3) is 11.3 Å². The lowest BCUT2D eigenvalue weighted by molar-refractivity contribution is 0.241. The Morgan fingerprint density at radius 2 is 1.94 bits per heavy atom. The molecule has 0 aliphatic heterocycles. The lowest BCUT2D eigenvalue weighted by Gasteiger charge is -2.08. The molecule has 0 bridgehead atoms. The second-order valence-corrected chi connectivity index (χ2v) is 5.07. The quantitative estimate of drug-likeness (QED) is 0.780. The van der Waals surface area contributed by atoms with Gasteiger partial charge in [-0.05, 0) is 0 Å². The van der Waals surface area contributed by atoms with E-state index in [2.05, 4.69) is 4.98 Å². The van der Waals surface area contributed by atoms with Gasteiger partial charge < -0.3 is 9.47 Å². The Labute approximate surface area is 111 Å². The van der Waals surface area contributed by atoms with Gasteiger partial charge in [0.25, 0.3) is 5.24 Å². The number of carbonyl (C=O) groups excluding carboxylic acids is 1. The van der Waals surface area contributed by atoms with E-state index in [0.717, 1.165) is 23.0 Å². The second-order valence-electron chi connectivity index (χ2n) is 4.15. The van der Waals surface area contributed by atoms with E-state index < -0.39 is 0 Å². The zero-order valence-electron chi connectivity index (χ0n) is 10.6. The van der Waals surface area contributed by atoms with Crippen molar-refractivity contribution in [1.82, 2.24) is 14.5 Å². The topological polar surface area (TPSA) is 38.1 Å². The number of carbonyl (C=O) groups is 1. The third-order valence-corrected chi connectivity index (χ3v) is 3.55. The SMILES string of the molecule is CN(C)C(=O)Sc1nc(-c2ccccc2)cn1C. The van der Waals surface area contributed by atoms with Crippen LogP contribution in [0.3, 0.4) is 0 Å². The average Bonchev–Trinajstić information content (AvgIpc) is 2.72. The van der Waals surface area contributed by atoms with Crippen molar-refractivity contribution in [2.75, 3.05) is 14.1 Å². The molecule has 0 atom stereocenters. The molecule has 0 radical (unpaired) electrons. The van der Waals surface area contributed by atoms with E-state index in [1.165, 1.54) is 0 Å². The van der Waals surface area contributed by atoms with Crippen molar-refractivity contribution < 1.29 is 4.79 Å². The summed E-state index contributed by atoms with van der Waals surface area (Å²) in [7, 11) is 5.36. The minimum absolute atomic E-state index is 0.0247. The van der Waals surface area contributed by atoms with Crippen LogP contribution in [0.5, 0.6) is 0 Å². The van der Waals surface area contributed by atoms with E-state index in [9.17, 15) is 4.79 Å². The summed E-state index contributed by atoms with van der Waals surface area (Å²) in [6.45, 7) is 0. The van der Waals surface area contributed by atoms with Gasteiger partial charge in [0.15, 0.2) is 5.16 Å². The van der Waals surface area contributed by atoms with Crippen molar-refractivity contribution in [3.05, 3.63) is 36.5 Å². The van der Waals surface area contributed by atoms with Crippen LogP contribution < -0.4 is 0 Å². The fraction of sp³-hybridized carbons (Fsp3) is 0.231. The summed E-state index contributed by atoms with van der Waals surface area (Å²) in [5.41, 5.74) is 1.93. The summed E-state index contributed by atoms with van der Waals surface area (Å²) < 4.78 is 1.87. The number of aryl methyl sites for hydroxylation is 1. The van der Waals surface area contributed by atoms with Crippen molar-refractivity contribution in [2.45, 2.75) is 5.16 Å². The smallest absolute Gasteiger partial charge is 0.288 e. The monoisotopic (exact) mass is 261 g/mol. The molecule has 1 aromatic carbocycles. The Morgan fingerprint density at radius 1 is 1.28 bits per heavy atom. The molecule has 1 heterocycles. The molecule has 0 unspecified atom stereocenters. The van der Waals surface area contributed by atoms with Crippen molar-refractivity contribution >= 4 is 17.0 Å². The number of hydrogen-bond donors (Lipinski definition) is 0. The van der Waals surface area contributed by atoms with Gasteiger partial charge in [0.2, 0.25) is 0 Å². The molecule has 0 fully saturated rings. The van der Waals surface area contributed by atoms with Crippen LogP contribution in [0.15, 0.2) is 41.7 Å². The first kappa shape index (κ1) is 12.7. The van der Waals surface area contributed by atoms with Gasteiger partial charge in [-0.2, -0.15) is 0 Å². The molecule has 18 heavy (non-hydrogen) atoms. The molecule has 0 saturated carbocycles. The highest BCUT2D eigenvalue weighted by atomic mass is 32.2. The molecule has 2 rings (SSSR count). The van der Waals surface area contributed by atoms with Crippen molar-refractivity contribution in [3.63, 3.8) is 0 Å². The largest absolute Gasteiger partial charge is 0.339 e. The number of rotatable bonds is 2. The number of imidazole rings is 1. The molecular weight excluding hydrogens is 246 g/mol. The Hall–Kier alpha value is -1.75. The van der Waals surface area contributed by atoms with Crippen LogP contribution in [0.4, 0.5) is 4.79 Å². The van der Waals surface area contributed by atoms with Crippen LogP contribution in [0.2, 0.25) is 0 Å². The minimum Gasteiger partial charge on any atom is -0.339 e. The lowest BCUT2D eigenvalue weighted by atomic mass is 10.2. The maximum Gasteiger partial charge on any atom is 0.288 e. The number of thioether (sulfide) groups is 1. The third kappa shape index (κ3) is 2.73. The Balaban J connectivity index is 2.25. The van der Waals surface area contributed by atoms with Gasteiger partial charge in [-0.3, -0.25) is 4.79 Å². The van der Waals surface area contributed by atoms with E-state index in [-0.39, 0.29) is 5.24 Å². The molecule has 94 valence electrons. The molecule has 0 aliphatic carbocycles. The third-order valence-electron chi connectivity index (χ3n) is 2.45. The zero-order chi connectivity index (χ0) is 13.1. The van der Waals surface area contributed by atoms with Gasteiger partial charge in [0.05, 0.1) is 5.69 Å². The number of benzene rings is 1. The summed E-state index contributed by atoms with van der Waals surface area (Å²) in [5, 5.41) is 0.677. The van der Waals surface area contributed by atoms with E-state index in [1.807, 2.05) is 48.1 Å². The molecule has 5 heteroatoms. The van der Waals surface area contributed by atoms with Gasteiger partial charge in [-0.25, -0.2) is 4.98 Å². The second kappa shape index (κ2) is 5.27. The lowest BCUT2D eigenvalue weighted by Crippen LogP contribution is -2.16. The van der Waals surface area contributed by atoms with Gasteiger partial charge in [-0.15, -0.1) is 0 Å². The molecule has 4 nitrogen and oxygen atoms in total. The number of hydrogen-bond acceptors (Lipinski definition) is 3. The first-order valence-electron chi connectivity index (χ1n) is 5.56. The van der Waals surface area contributed by atoms with Crippen molar-refractivity contribution in [2.24, 2.45) is 7.05 Å². The van der Waals surface area contributed by atoms with Crippen LogP contribution in [-0.4, -0.2) is 33.8 Å². The predicted molar refractivity (Wildman–Crippen MR) is 73.6 cm³/mol. The van der Waals surface area contributed by atoms with E-state index in [1.54, 1.807) is 19.0 Å². The van der Waals surface area contributed by atoms with Gasteiger partial charge >= 0.3 is 0 Å². The molecule has 0 spiro atoms. The van der Waals surface area contributed by atoms with Gasteiger partial charge in [0, 0.05) is 44.7 Å². The normalized spacial score (nSPS) is 10.4. The molecule has 0 N–H and O–H groups in total. The maximum absolute atomic E-state index is 11.6. The fourth-order valence-corrected chi connectivity index (χ4v) is 2.14. The van der Waals surface area contributed by atoms with Crippen LogP contribution in [0, 0.1) is 0 Å². The predicted octanol–water partition coefficient (Wildman–Crippen LogP) is 2.86. The molecule has 1 aromatic heterocycles. The zero-order valence-corrected chi connectivity index (χ0v) is 11.4.